The van der Waals surface area contributed by atoms with Crippen LogP contribution in [0.3, 0.4) is 0 Å². The van der Waals surface area contributed by atoms with Gasteiger partial charge < -0.3 is 20.5 Å². The van der Waals surface area contributed by atoms with Crippen molar-refractivity contribution in [2.24, 2.45) is 5.92 Å². The van der Waals surface area contributed by atoms with Crippen molar-refractivity contribution in [3.05, 3.63) is 24.3 Å². The minimum atomic E-state index is -0.466. The third-order valence-corrected chi connectivity index (χ3v) is 2.90. The van der Waals surface area contributed by atoms with Gasteiger partial charge in [-0.25, -0.2) is 4.79 Å². The van der Waals surface area contributed by atoms with Gasteiger partial charge in [0.1, 0.15) is 5.75 Å². The van der Waals surface area contributed by atoms with Crippen LogP contribution in [0.1, 0.15) is 34.1 Å². The van der Waals surface area contributed by atoms with E-state index in [0.717, 1.165) is 0 Å². The van der Waals surface area contributed by atoms with Gasteiger partial charge in [0.05, 0.1) is 12.3 Å². The van der Waals surface area contributed by atoms with Gasteiger partial charge in [-0.2, -0.15) is 0 Å². The predicted octanol–water partition coefficient (Wildman–Crippen LogP) is 3.00. The largest absolute Gasteiger partial charge is 0.491 e. The molecule has 0 fully saturated rings. The number of hydrogen-bond acceptors (Lipinski definition) is 3. The van der Waals surface area contributed by atoms with Gasteiger partial charge in [0, 0.05) is 12.1 Å². The number of amides is 2. The first-order valence-electron chi connectivity index (χ1n) is 7.26. The van der Waals surface area contributed by atoms with E-state index in [1.807, 2.05) is 32.0 Å². The Kier molecular flexibility index (Phi) is 6.49. The number of para-hydroxylation sites is 2. The van der Waals surface area contributed by atoms with Gasteiger partial charge in [-0.15, -0.1) is 0 Å². The fraction of sp³-hybridized carbons (Fsp3) is 0.562. The molecule has 1 aromatic rings. The highest BCUT2D eigenvalue weighted by atomic mass is 16.5. The number of aliphatic hydroxyl groups excluding tert-OH is 1. The Labute approximate surface area is 126 Å². The van der Waals surface area contributed by atoms with Gasteiger partial charge in [-0.1, -0.05) is 26.0 Å². The summed E-state index contributed by atoms with van der Waals surface area (Å²) in [6, 6.07) is 7.03. The average Bonchev–Trinajstić information content (AvgIpc) is 2.36. The molecule has 0 heterocycles. The van der Waals surface area contributed by atoms with E-state index < -0.39 is 5.54 Å². The van der Waals surface area contributed by atoms with Gasteiger partial charge in [0.25, 0.3) is 0 Å². The number of hydrogen-bond donors (Lipinski definition) is 3. The minimum Gasteiger partial charge on any atom is -0.491 e. The van der Waals surface area contributed by atoms with E-state index >= 15 is 0 Å². The van der Waals surface area contributed by atoms with Crippen molar-refractivity contribution in [1.82, 2.24) is 5.32 Å². The number of benzene rings is 1. The molecule has 0 unspecified atom stereocenters. The van der Waals surface area contributed by atoms with Crippen molar-refractivity contribution >= 4 is 11.7 Å². The van der Waals surface area contributed by atoms with Crippen molar-refractivity contribution in [1.29, 1.82) is 0 Å². The summed E-state index contributed by atoms with van der Waals surface area (Å²) in [7, 11) is 0. The van der Waals surface area contributed by atoms with Crippen LogP contribution in [0, 0.1) is 5.92 Å². The summed E-state index contributed by atoms with van der Waals surface area (Å²) in [6.45, 7) is 8.49. The zero-order chi connectivity index (χ0) is 15.9. The second-order valence-corrected chi connectivity index (χ2v) is 6.14. The summed E-state index contributed by atoms with van der Waals surface area (Å²) >= 11 is 0. The predicted molar refractivity (Wildman–Crippen MR) is 84.7 cm³/mol. The molecule has 0 radical (unpaired) electrons. The Bertz CT molecular complexity index is 459. The standard InChI is InChI=1S/C16H26N2O3/c1-12(2)11-21-14-8-6-5-7-13(14)17-15(20)18-16(3,4)9-10-19/h5-8,12,19H,9-11H2,1-4H3,(H2,17,18,20). The molecule has 0 aliphatic carbocycles. The lowest BCUT2D eigenvalue weighted by atomic mass is 10.0. The molecule has 3 N–H and O–H groups in total. The Morgan fingerprint density at radius 3 is 2.62 bits per heavy atom. The molecule has 0 spiro atoms. The number of aliphatic hydroxyl groups is 1. The minimum absolute atomic E-state index is 0.0291. The Morgan fingerprint density at radius 2 is 2.00 bits per heavy atom. The number of urea groups is 1. The normalized spacial score (nSPS) is 11.3. The Morgan fingerprint density at radius 1 is 1.33 bits per heavy atom. The van der Waals surface area contributed by atoms with Crippen LogP contribution in [0.25, 0.3) is 0 Å². The zero-order valence-electron chi connectivity index (χ0n) is 13.3. The lowest BCUT2D eigenvalue weighted by Gasteiger charge is -2.25. The van der Waals surface area contributed by atoms with Crippen LogP contribution in [-0.2, 0) is 0 Å². The second kappa shape index (κ2) is 7.88. The average molecular weight is 294 g/mol. The summed E-state index contributed by atoms with van der Waals surface area (Å²) in [5.74, 6) is 1.07. The maximum Gasteiger partial charge on any atom is 0.319 e. The van der Waals surface area contributed by atoms with E-state index in [9.17, 15) is 4.79 Å². The maximum absolute atomic E-state index is 12.0. The fourth-order valence-electron chi connectivity index (χ4n) is 1.76. The summed E-state index contributed by atoms with van der Waals surface area (Å²) in [4.78, 5) is 12.0. The first kappa shape index (κ1) is 17.3. The molecule has 118 valence electrons. The third kappa shape index (κ3) is 6.49. The molecule has 0 aliphatic heterocycles. The van der Waals surface area contributed by atoms with Crippen molar-refractivity contribution in [3.8, 4) is 5.75 Å². The van der Waals surface area contributed by atoms with E-state index in [4.69, 9.17) is 9.84 Å². The van der Waals surface area contributed by atoms with E-state index in [-0.39, 0.29) is 12.6 Å². The highest BCUT2D eigenvalue weighted by Crippen LogP contribution is 2.24. The molecule has 5 heteroatoms. The first-order chi connectivity index (χ1) is 9.84. The van der Waals surface area contributed by atoms with Gasteiger partial charge in [-0.3, -0.25) is 0 Å². The number of nitrogens with one attached hydrogen (secondary N) is 2. The van der Waals surface area contributed by atoms with Crippen molar-refractivity contribution in [2.75, 3.05) is 18.5 Å². The molecule has 1 aromatic carbocycles. The van der Waals surface area contributed by atoms with Crippen LogP contribution in [0.15, 0.2) is 24.3 Å². The van der Waals surface area contributed by atoms with E-state index in [2.05, 4.69) is 24.5 Å². The molecule has 0 saturated carbocycles. The topological polar surface area (TPSA) is 70.6 Å². The zero-order valence-corrected chi connectivity index (χ0v) is 13.3. The molecule has 0 bridgehead atoms. The molecule has 0 aliphatic rings. The fourth-order valence-corrected chi connectivity index (χ4v) is 1.76. The third-order valence-electron chi connectivity index (χ3n) is 2.90. The molecule has 5 nitrogen and oxygen atoms in total. The molecular weight excluding hydrogens is 268 g/mol. The Balaban J connectivity index is 2.67. The van der Waals surface area contributed by atoms with Gasteiger partial charge in [0.2, 0.25) is 0 Å². The van der Waals surface area contributed by atoms with Gasteiger partial charge >= 0.3 is 6.03 Å². The monoisotopic (exact) mass is 294 g/mol. The smallest absolute Gasteiger partial charge is 0.319 e. The number of carbonyl (C=O) groups is 1. The van der Waals surface area contributed by atoms with Crippen LogP contribution in [0.4, 0.5) is 10.5 Å². The number of ether oxygens (including phenoxy) is 1. The summed E-state index contributed by atoms with van der Waals surface area (Å²) in [5.41, 5.74) is 0.169. The van der Waals surface area contributed by atoms with E-state index in [0.29, 0.717) is 30.4 Å². The van der Waals surface area contributed by atoms with Crippen molar-refractivity contribution in [3.63, 3.8) is 0 Å². The molecule has 0 aromatic heterocycles. The lowest BCUT2D eigenvalue weighted by molar-refractivity contribution is 0.218. The van der Waals surface area contributed by atoms with E-state index in [1.54, 1.807) is 6.07 Å². The molecule has 2 amide bonds. The number of carbonyl (C=O) groups excluding carboxylic acids is 1. The lowest BCUT2D eigenvalue weighted by Crippen LogP contribution is -2.46. The Hall–Kier alpha value is -1.75. The SMILES string of the molecule is CC(C)COc1ccccc1NC(=O)NC(C)(C)CCO. The molecular formula is C16H26N2O3. The molecule has 21 heavy (non-hydrogen) atoms. The van der Waals surface area contributed by atoms with Crippen LogP contribution in [0.2, 0.25) is 0 Å². The summed E-state index contributed by atoms with van der Waals surface area (Å²) < 4.78 is 5.69. The van der Waals surface area contributed by atoms with Crippen LogP contribution < -0.4 is 15.4 Å². The van der Waals surface area contributed by atoms with Gasteiger partial charge in [-0.05, 0) is 38.3 Å². The van der Waals surface area contributed by atoms with Crippen LogP contribution in [-0.4, -0.2) is 29.9 Å². The van der Waals surface area contributed by atoms with E-state index in [1.165, 1.54) is 0 Å². The number of anilines is 1. The summed E-state index contributed by atoms with van der Waals surface area (Å²) in [5, 5.41) is 14.6. The van der Waals surface area contributed by atoms with Crippen LogP contribution >= 0.6 is 0 Å². The molecule has 0 saturated heterocycles. The highest BCUT2D eigenvalue weighted by molar-refractivity contribution is 5.91. The maximum atomic E-state index is 12.0. The number of rotatable bonds is 7. The quantitative estimate of drug-likeness (QED) is 0.724. The van der Waals surface area contributed by atoms with Crippen molar-refractivity contribution in [2.45, 2.75) is 39.7 Å². The molecule has 1 rings (SSSR count). The second-order valence-electron chi connectivity index (χ2n) is 6.14. The van der Waals surface area contributed by atoms with Crippen molar-refractivity contribution < 1.29 is 14.6 Å². The highest BCUT2D eigenvalue weighted by Gasteiger charge is 2.20. The van der Waals surface area contributed by atoms with Crippen LogP contribution in [0.5, 0.6) is 5.75 Å². The van der Waals surface area contributed by atoms with Gasteiger partial charge in [0.15, 0.2) is 0 Å². The summed E-state index contributed by atoms with van der Waals surface area (Å²) in [6.07, 6.45) is 0.492. The first-order valence-corrected chi connectivity index (χ1v) is 7.26. The molecule has 0 atom stereocenters.